The molecule has 0 fully saturated rings. The molecule has 1 aromatic heterocycles. The molecule has 0 unspecified atom stereocenters. The van der Waals surface area contributed by atoms with E-state index in [1.54, 1.807) is 7.11 Å². The molecule has 13 heavy (non-hydrogen) atoms. The maximum Gasteiger partial charge on any atom is 0.239 e. The van der Waals surface area contributed by atoms with Gasteiger partial charge in [0.2, 0.25) is 5.88 Å². The van der Waals surface area contributed by atoms with Gasteiger partial charge >= 0.3 is 0 Å². The van der Waals surface area contributed by atoms with Gasteiger partial charge in [-0.25, -0.2) is 0 Å². The SMILES string of the molecule is CCCc1nnc(CC)c(OC)n1. The summed E-state index contributed by atoms with van der Waals surface area (Å²) in [5.74, 6) is 1.37. The lowest BCUT2D eigenvalue weighted by Gasteiger charge is -2.04. The van der Waals surface area contributed by atoms with Crippen LogP contribution in [0, 0.1) is 0 Å². The van der Waals surface area contributed by atoms with Crippen molar-refractivity contribution in [1.29, 1.82) is 0 Å². The third kappa shape index (κ3) is 2.37. The quantitative estimate of drug-likeness (QED) is 0.704. The smallest absolute Gasteiger partial charge is 0.239 e. The molecule has 0 saturated heterocycles. The number of hydrogen-bond acceptors (Lipinski definition) is 4. The molecule has 0 saturated carbocycles. The van der Waals surface area contributed by atoms with E-state index in [9.17, 15) is 0 Å². The summed E-state index contributed by atoms with van der Waals surface area (Å²) in [6.45, 7) is 4.09. The van der Waals surface area contributed by atoms with Crippen LogP contribution in [0.3, 0.4) is 0 Å². The fourth-order valence-electron chi connectivity index (χ4n) is 1.08. The molecule has 1 aromatic rings. The van der Waals surface area contributed by atoms with Gasteiger partial charge in [-0.2, -0.15) is 4.98 Å². The lowest BCUT2D eigenvalue weighted by Crippen LogP contribution is -2.04. The van der Waals surface area contributed by atoms with E-state index in [1.807, 2.05) is 6.92 Å². The molecular weight excluding hydrogens is 166 g/mol. The van der Waals surface area contributed by atoms with Crippen molar-refractivity contribution in [2.75, 3.05) is 7.11 Å². The van der Waals surface area contributed by atoms with Gasteiger partial charge in [-0.3, -0.25) is 0 Å². The summed E-state index contributed by atoms with van der Waals surface area (Å²) in [5.41, 5.74) is 0.822. The minimum atomic E-state index is 0.612. The average molecular weight is 181 g/mol. The Morgan fingerprint density at radius 1 is 1.23 bits per heavy atom. The van der Waals surface area contributed by atoms with Crippen molar-refractivity contribution in [3.63, 3.8) is 0 Å². The van der Waals surface area contributed by atoms with Crippen LogP contribution >= 0.6 is 0 Å². The van der Waals surface area contributed by atoms with Crippen molar-refractivity contribution in [3.05, 3.63) is 11.5 Å². The molecule has 0 aliphatic heterocycles. The van der Waals surface area contributed by atoms with Crippen LogP contribution in [0.2, 0.25) is 0 Å². The van der Waals surface area contributed by atoms with Gasteiger partial charge < -0.3 is 4.74 Å². The molecule has 1 heterocycles. The van der Waals surface area contributed by atoms with Gasteiger partial charge in [0.15, 0.2) is 5.82 Å². The largest absolute Gasteiger partial charge is 0.480 e. The van der Waals surface area contributed by atoms with Gasteiger partial charge in [0.25, 0.3) is 0 Å². The third-order valence-electron chi connectivity index (χ3n) is 1.77. The van der Waals surface area contributed by atoms with Crippen molar-refractivity contribution in [2.24, 2.45) is 0 Å². The predicted molar refractivity (Wildman–Crippen MR) is 49.8 cm³/mol. The second kappa shape index (κ2) is 4.74. The summed E-state index contributed by atoms with van der Waals surface area (Å²) < 4.78 is 5.11. The van der Waals surface area contributed by atoms with Crippen LogP contribution in [0.4, 0.5) is 0 Å². The van der Waals surface area contributed by atoms with Crippen molar-refractivity contribution in [2.45, 2.75) is 33.1 Å². The zero-order chi connectivity index (χ0) is 9.68. The first-order chi connectivity index (χ1) is 6.31. The molecule has 0 amide bonds. The Morgan fingerprint density at radius 3 is 2.54 bits per heavy atom. The van der Waals surface area contributed by atoms with Crippen LogP contribution in [0.25, 0.3) is 0 Å². The Labute approximate surface area is 78.4 Å². The highest BCUT2D eigenvalue weighted by molar-refractivity contribution is 5.16. The zero-order valence-corrected chi connectivity index (χ0v) is 8.37. The van der Waals surface area contributed by atoms with Crippen LogP contribution in [0.5, 0.6) is 5.88 Å². The van der Waals surface area contributed by atoms with Crippen LogP contribution in [0.1, 0.15) is 31.8 Å². The van der Waals surface area contributed by atoms with Gasteiger partial charge in [0, 0.05) is 6.42 Å². The van der Waals surface area contributed by atoms with Gasteiger partial charge in [-0.05, 0) is 12.8 Å². The average Bonchev–Trinajstić information content (AvgIpc) is 2.18. The van der Waals surface area contributed by atoms with E-state index in [1.165, 1.54) is 0 Å². The third-order valence-corrected chi connectivity index (χ3v) is 1.77. The molecule has 0 atom stereocenters. The molecule has 0 aromatic carbocycles. The summed E-state index contributed by atoms with van der Waals surface area (Å²) in [6.07, 6.45) is 2.68. The second-order valence-corrected chi connectivity index (χ2v) is 2.79. The Bertz CT molecular complexity index is 276. The zero-order valence-electron chi connectivity index (χ0n) is 8.37. The second-order valence-electron chi connectivity index (χ2n) is 2.79. The van der Waals surface area contributed by atoms with Crippen molar-refractivity contribution < 1.29 is 4.74 Å². The van der Waals surface area contributed by atoms with Crippen molar-refractivity contribution in [1.82, 2.24) is 15.2 Å². The molecule has 4 heteroatoms. The molecule has 72 valence electrons. The summed E-state index contributed by atoms with van der Waals surface area (Å²) in [5, 5.41) is 8.06. The van der Waals surface area contributed by atoms with E-state index in [0.29, 0.717) is 5.88 Å². The summed E-state index contributed by atoms with van der Waals surface area (Å²) in [6, 6.07) is 0. The molecule has 4 nitrogen and oxygen atoms in total. The molecule has 0 N–H and O–H groups in total. The van der Waals surface area contributed by atoms with E-state index < -0.39 is 0 Å². The minimum absolute atomic E-state index is 0.612. The Morgan fingerprint density at radius 2 is 2.00 bits per heavy atom. The van der Waals surface area contributed by atoms with Gasteiger partial charge in [-0.1, -0.05) is 13.8 Å². The number of methoxy groups -OCH3 is 1. The first-order valence-corrected chi connectivity index (χ1v) is 4.58. The van der Waals surface area contributed by atoms with Gasteiger partial charge in [0.1, 0.15) is 5.69 Å². The highest BCUT2D eigenvalue weighted by Crippen LogP contribution is 2.11. The first-order valence-electron chi connectivity index (χ1n) is 4.58. The minimum Gasteiger partial charge on any atom is -0.480 e. The number of aromatic nitrogens is 3. The summed E-state index contributed by atoms with van der Waals surface area (Å²) >= 11 is 0. The lowest BCUT2D eigenvalue weighted by atomic mass is 10.3. The standard InChI is InChI=1S/C9H15N3O/c1-4-6-8-10-9(13-3)7(5-2)11-12-8/h4-6H2,1-3H3. The van der Waals surface area contributed by atoms with E-state index in [0.717, 1.165) is 30.8 Å². The molecular formula is C9H15N3O. The molecule has 0 aliphatic rings. The van der Waals surface area contributed by atoms with E-state index in [4.69, 9.17) is 4.74 Å². The number of rotatable bonds is 4. The molecule has 0 spiro atoms. The summed E-state index contributed by atoms with van der Waals surface area (Å²) in [7, 11) is 1.61. The highest BCUT2D eigenvalue weighted by Gasteiger charge is 2.06. The lowest BCUT2D eigenvalue weighted by molar-refractivity contribution is 0.384. The maximum atomic E-state index is 5.11. The molecule has 0 radical (unpaired) electrons. The first kappa shape index (κ1) is 9.89. The number of aryl methyl sites for hydroxylation is 2. The van der Waals surface area contributed by atoms with Crippen molar-refractivity contribution in [3.8, 4) is 5.88 Å². The predicted octanol–water partition coefficient (Wildman–Crippen LogP) is 1.40. The molecule has 0 aliphatic carbocycles. The van der Waals surface area contributed by atoms with Crippen molar-refractivity contribution >= 4 is 0 Å². The van der Waals surface area contributed by atoms with Crippen LogP contribution < -0.4 is 4.74 Å². The monoisotopic (exact) mass is 181 g/mol. The Kier molecular flexibility index (Phi) is 3.61. The highest BCUT2D eigenvalue weighted by atomic mass is 16.5. The summed E-state index contributed by atoms with van der Waals surface area (Å²) in [4.78, 5) is 4.26. The maximum absolute atomic E-state index is 5.11. The van der Waals surface area contributed by atoms with E-state index in [-0.39, 0.29) is 0 Å². The fourth-order valence-corrected chi connectivity index (χ4v) is 1.08. The normalized spacial score (nSPS) is 10.1. The fraction of sp³-hybridized carbons (Fsp3) is 0.667. The number of hydrogen-bond donors (Lipinski definition) is 0. The van der Waals surface area contributed by atoms with Gasteiger partial charge in [-0.15, -0.1) is 10.2 Å². The number of ether oxygens (including phenoxy) is 1. The van der Waals surface area contributed by atoms with E-state index >= 15 is 0 Å². The van der Waals surface area contributed by atoms with Crippen LogP contribution in [-0.4, -0.2) is 22.3 Å². The topological polar surface area (TPSA) is 47.9 Å². The van der Waals surface area contributed by atoms with Crippen LogP contribution in [0.15, 0.2) is 0 Å². The van der Waals surface area contributed by atoms with E-state index in [2.05, 4.69) is 22.1 Å². The molecule has 0 bridgehead atoms. The Hall–Kier alpha value is -1.19. The van der Waals surface area contributed by atoms with Crippen LogP contribution in [-0.2, 0) is 12.8 Å². The molecule has 1 rings (SSSR count). The number of nitrogens with zero attached hydrogens (tertiary/aromatic N) is 3. The van der Waals surface area contributed by atoms with Gasteiger partial charge in [0.05, 0.1) is 7.11 Å². The Balaban J connectivity index is 2.91.